The van der Waals surface area contributed by atoms with Crippen molar-refractivity contribution in [3.05, 3.63) is 45.9 Å². The van der Waals surface area contributed by atoms with Gasteiger partial charge in [-0.1, -0.05) is 0 Å². The Morgan fingerprint density at radius 2 is 2.17 bits per heavy atom. The first kappa shape index (κ1) is 16.6. The van der Waals surface area contributed by atoms with Gasteiger partial charge in [-0.15, -0.1) is 11.3 Å². The number of carbonyl (C=O) groups excluding carboxylic acids is 2. The third kappa shape index (κ3) is 2.92. The van der Waals surface area contributed by atoms with Crippen molar-refractivity contribution in [3.63, 3.8) is 0 Å². The predicted molar refractivity (Wildman–Crippen MR) is 89.5 cm³/mol. The molecular formula is C17H18N2O4S. The standard InChI is InChI=1S/C17H18N2O4S/c1-9(20)12-7-11-14(24-12)13(15(21)17(2,3)23-11)19-16(22)10-5-4-6-18-8-10/h4-8,13,15,21H,1-3H3,(H,19,22)/t13-,15+/m1/s1. The Hall–Kier alpha value is -2.25. The average Bonchev–Trinajstić information content (AvgIpc) is 2.95. The zero-order valence-corrected chi connectivity index (χ0v) is 14.4. The van der Waals surface area contributed by atoms with Crippen molar-refractivity contribution in [2.75, 3.05) is 0 Å². The predicted octanol–water partition coefficient (Wildman–Crippen LogP) is 2.35. The smallest absolute Gasteiger partial charge is 0.253 e. The molecule has 2 N–H and O–H groups in total. The molecule has 0 saturated heterocycles. The topological polar surface area (TPSA) is 88.5 Å². The normalized spacial score (nSPS) is 21.5. The van der Waals surface area contributed by atoms with E-state index in [2.05, 4.69) is 10.3 Å². The van der Waals surface area contributed by atoms with E-state index >= 15 is 0 Å². The van der Waals surface area contributed by atoms with Crippen molar-refractivity contribution in [2.24, 2.45) is 0 Å². The average molecular weight is 346 g/mol. The van der Waals surface area contributed by atoms with Gasteiger partial charge >= 0.3 is 0 Å². The third-order valence-corrected chi connectivity index (χ3v) is 5.27. The molecule has 3 heterocycles. The van der Waals surface area contributed by atoms with Crippen LogP contribution in [0.5, 0.6) is 5.75 Å². The summed E-state index contributed by atoms with van der Waals surface area (Å²) in [6.07, 6.45) is 2.09. The van der Waals surface area contributed by atoms with Gasteiger partial charge in [0.05, 0.1) is 21.4 Å². The number of hydrogen-bond donors (Lipinski definition) is 2. The van der Waals surface area contributed by atoms with Gasteiger partial charge in [-0.2, -0.15) is 0 Å². The molecule has 24 heavy (non-hydrogen) atoms. The number of aliphatic hydroxyl groups is 1. The number of nitrogens with one attached hydrogen (secondary N) is 1. The first-order valence-corrected chi connectivity index (χ1v) is 8.34. The molecule has 0 radical (unpaired) electrons. The minimum Gasteiger partial charge on any atom is -0.484 e. The Morgan fingerprint density at radius 3 is 2.79 bits per heavy atom. The lowest BCUT2D eigenvalue weighted by Crippen LogP contribution is -2.53. The van der Waals surface area contributed by atoms with E-state index in [4.69, 9.17) is 4.74 Å². The van der Waals surface area contributed by atoms with E-state index in [1.54, 1.807) is 38.2 Å². The van der Waals surface area contributed by atoms with Crippen LogP contribution in [0, 0.1) is 0 Å². The van der Waals surface area contributed by atoms with Crippen LogP contribution in [0.4, 0.5) is 0 Å². The van der Waals surface area contributed by atoms with Gasteiger partial charge in [0, 0.05) is 18.5 Å². The highest BCUT2D eigenvalue weighted by Gasteiger charge is 2.45. The highest BCUT2D eigenvalue weighted by molar-refractivity contribution is 7.14. The molecular weight excluding hydrogens is 328 g/mol. The molecule has 1 aliphatic rings. The molecule has 7 heteroatoms. The van der Waals surface area contributed by atoms with Crippen molar-refractivity contribution < 1.29 is 19.4 Å². The van der Waals surface area contributed by atoms with Crippen LogP contribution in [0.15, 0.2) is 30.6 Å². The van der Waals surface area contributed by atoms with Crippen molar-refractivity contribution in [1.82, 2.24) is 10.3 Å². The Morgan fingerprint density at radius 1 is 1.42 bits per heavy atom. The van der Waals surface area contributed by atoms with Crippen LogP contribution >= 0.6 is 11.3 Å². The highest BCUT2D eigenvalue weighted by atomic mass is 32.1. The lowest BCUT2D eigenvalue weighted by atomic mass is 9.90. The minimum atomic E-state index is -0.955. The van der Waals surface area contributed by atoms with Gasteiger partial charge in [0.2, 0.25) is 0 Å². The lowest BCUT2D eigenvalue weighted by molar-refractivity contribution is -0.0612. The second-order valence-corrected chi connectivity index (χ2v) is 7.32. The number of aromatic nitrogens is 1. The van der Waals surface area contributed by atoms with Gasteiger partial charge in [-0.05, 0) is 32.9 Å². The molecule has 1 amide bonds. The molecule has 6 nitrogen and oxygen atoms in total. The summed E-state index contributed by atoms with van der Waals surface area (Å²) in [6, 6.07) is 4.33. The summed E-state index contributed by atoms with van der Waals surface area (Å²) >= 11 is 1.23. The molecule has 126 valence electrons. The van der Waals surface area contributed by atoms with Gasteiger partial charge in [0.15, 0.2) is 5.78 Å². The number of ether oxygens (including phenoxy) is 1. The monoisotopic (exact) mass is 346 g/mol. The number of thiophene rings is 1. The molecule has 0 fully saturated rings. The summed E-state index contributed by atoms with van der Waals surface area (Å²) in [6.45, 7) is 4.96. The maximum absolute atomic E-state index is 12.5. The highest BCUT2D eigenvalue weighted by Crippen LogP contribution is 2.44. The van der Waals surface area contributed by atoms with E-state index in [0.717, 1.165) is 0 Å². The fraction of sp³-hybridized carbons (Fsp3) is 0.353. The first-order chi connectivity index (χ1) is 11.3. The van der Waals surface area contributed by atoms with Crippen molar-refractivity contribution >= 4 is 23.0 Å². The number of aliphatic hydroxyl groups excluding tert-OH is 1. The molecule has 0 bridgehead atoms. The van der Waals surface area contributed by atoms with Crippen molar-refractivity contribution in [2.45, 2.75) is 38.5 Å². The van der Waals surface area contributed by atoms with Crippen molar-refractivity contribution in [3.8, 4) is 5.75 Å². The van der Waals surface area contributed by atoms with Gasteiger partial charge in [0.1, 0.15) is 17.5 Å². The molecule has 0 aromatic carbocycles. The summed E-state index contributed by atoms with van der Waals surface area (Å²) < 4.78 is 5.82. The second kappa shape index (κ2) is 5.99. The maximum Gasteiger partial charge on any atom is 0.253 e. The van der Waals surface area contributed by atoms with Crippen LogP contribution in [0.3, 0.4) is 0 Å². The Balaban J connectivity index is 1.96. The number of rotatable bonds is 3. The third-order valence-electron chi connectivity index (χ3n) is 3.97. The summed E-state index contributed by atoms with van der Waals surface area (Å²) in [4.78, 5) is 29.2. The van der Waals surface area contributed by atoms with E-state index in [1.807, 2.05) is 0 Å². The summed E-state index contributed by atoms with van der Waals surface area (Å²) in [5, 5.41) is 13.5. The van der Waals surface area contributed by atoms with E-state index < -0.39 is 17.7 Å². The van der Waals surface area contributed by atoms with Crippen LogP contribution in [0.2, 0.25) is 0 Å². The number of pyridine rings is 1. The summed E-state index contributed by atoms with van der Waals surface area (Å²) in [5.41, 5.74) is -0.492. The second-order valence-electron chi connectivity index (χ2n) is 6.24. The zero-order valence-electron chi connectivity index (χ0n) is 13.6. The fourth-order valence-corrected chi connectivity index (χ4v) is 3.68. The number of hydrogen-bond acceptors (Lipinski definition) is 6. The number of ketones is 1. The van der Waals surface area contributed by atoms with Crippen LogP contribution < -0.4 is 10.1 Å². The van der Waals surface area contributed by atoms with Gasteiger partial charge < -0.3 is 15.2 Å². The quantitative estimate of drug-likeness (QED) is 0.833. The fourth-order valence-electron chi connectivity index (χ4n) is 2.61. The van der Waals surface area contributed by atoms with Gasteiger partial charge in [-0.25, -0.2) is 0 Å². The number of carbonyl (C=O) groups is 2. The Labute approximate surface area is 143 Å². The molecule has 0 spiro atoms. The summed E-state index contributed by atoms with van der Waals surface area (Å²) in [5.74, 6) is 0.105. The summed E-state index contributed by atoms with van der Waals surface area (Å²) in [7, 11) is 0. The maximum atomic E-state index is 12.5. The van der Waals surface area contributed by atoms with E-state index in [1.165, 1.54) is 24.5 Å². The number of fused-ring (bicyclic) bond motifs is 1. The van der Waals surface area contributed by atoms with Crippen LogP contribution in [-0.4, -0.2) is 33.5 Å². The number of Topliss-reactive ketones (excluding diaryl/α,β-unsaturated/α-hetero) is 1. The van der Waals surface area contributed by atoms with Crippen LogP contribution in [0.25, 0.3) is 0 Å². The van der Waals surface area contributed by atoms with E-state index in [-0.39, 0.29) is 11.7 Å². The van der Waals surface area contributed by atoms with Crippen LogP contribution in [-0.2, 0) is 0 Å². The van der Waals surface area contributed by atoms with E-state index in [9.17, 15) is 14.7 Å². The zero-order chi connectivity index (χ0) is 17.5. The SMILES string of the molecule is CC(=O)c1cc2c(s1)[C@@H](NC(=O)c1cccnc1)[C@H](O)C(C)(C)O2. The number of nitrogens with zero attached hydrogens (tertiary/aromatic N) is 1. The minimum absolute atomic E-state index is 0.0809. The number of amides is 1. The lowest BCUT2D eigenvalue weighted by Gasteiger charge is -2.40. The molecule has 0 unspecified atom stereocenters. The van der Waals surface area contributed by atoms with Crippen molar-refractivity contribution in [1.29, 1.82) is 0 Å². The first-order valence-electron chi connectivity index (χ1n) is 7.52. The molecule has 2 aromatic rings. The Kier molecular flexibility index (Phi) is 4.15. The molecule has 3 rings (SSSR count). The molecule has 0 saturated carbocycles. The largest absolute Gasteiger partial charge is 0.484 e. The molecule has 2 atom stereocenters. The molecule has 2 aromatic heterocycles. The van der Waals surface area contributed by atoms with Gasteiger partial charge in [0.25, 0.3) is 5.91 Å². The van der Waals surface area contributed by atoms with Gasteiger partial charge in [-0.3, -0.25) is 14.6 Å². The van der Waals surface area contributed by atoms with E-state index in [0.29, 0.717) is 21.1 Å². The molecule has 0 aliphatic carbocycles. The Bertz CT molecular complexity index is 785. The van der Waals surface area contributed by atoms with Crippen LogP contribution in [0.1, 0.15) is 51.7 Å². The molecule has 1 aliphatic heterocycles.